The minimum Gasteiger partial charge on any atom is -0.479 e. The topological polar surface area (TPSA) is 183 Å². The molecule has 1 aliphatic carbocycles. The van der Waals surface area contributed by atoms with Gasteiger partial charge in [-0.3, -0.25) is 14.7 Å². The minimum absolute atomic E-state index is 0.119. The Kier molecular flexibility index (Phi) is 8.29. The summed E-state index contributed by atoms with van der Waals surface area (Å²) in [7, 11) is 0. The SMILES string of the molecule is CCCCC1=NC2(CCCC2)C(=O)N1Cc1ccc(-c2ccccc2-c2nnn([C@H]3O[C@@H](C(=O)O)[C@H](O)[C@@H](O)[C@H]3O)n2)cc1. The van der Waals surface area contributed by atoms with Crippen LogP contribution in [0.4, 0.5) is 0 Å². The Labute approximate surface area is 253 Å². The van der Waals surface area contributed by atoms with Gasteiger partial charge < -0.3 is 25.2 Å². The van der Waals surface area contributed by atoms with Crippen LogP contribution in [0.25, 0.3) is 22.5 Å². The van der Waals surface area contributed by atoms with Crippen LogP contribution in [-0.4, -0.2) is 93.2 Å². The Hall–Kier alpha value is -4.04. The summed E-state index contributed by atoms with van der Waals surface area (Å²) in [5.41, 5.74) is 2.71. The van der Waals surface area contributed by atoms with Crippen molar-refractivity contribution in [1.82, 2.24) is 25.1 Å². The number of aliphatic hydroxyl groups is 3. The maximum Gasteiger partial charge on any atom is 0.335 e. The molecule has 1 saturated carbocycles. The number of aliphatic imine (C=N–C) groups is 1. The second-order valence-electron chi connectivity index (χ2n) is 11.7. The molecule has 2 aliphatic heterocycles. The van der Waals surface area contributed by atoms with Gasteiger partial charge in [0.05, 0.1) is 6.54 Å². The average Bonchev–Trinajstić information content (AvgIpc) is 3.77. The highest BCUT2D eigenvalue weighted by Gasteiger charge is 2.50. The van der Waals surface area contributed by atoms with Gasteiger partial charge in [-0.05, 0) is 41.2 Å². The lowest BCUT2D eigenvalue weighted by molar-refractivity contribution is -0.251. The fourth-order valence-corrected chi connectivity index (χ4v) is 6.30. The Morgan fingerprint density at radius 2 is 1.70 bits per heavy atom. The second-order valence-corrected chi connectivity index (χ2v) is 11.7. The van der Waals surface area contributed by atoms with Crippen molar-refractivity contribution < 1.29 is 34.8 Å². The number of tetrazole rings is 1. The molecule has 44 heavy (non-hydrogen) atoms. The Balaban J connectivity index is 1.22. The molecule has 0 radical (unpaired) electrons. The lowest BCUT2D eigenvalue weighted by Crippen LogP contribution is -2.58. The average molecular weight is 605 g/mol. The first kappa shape index (κ1) is 30.0. The quantitative estimate of drug-likeness (QED) is 0.283. The smallest absolute Gasteiger partial charge is 0.335 e. The van der Waals surface area contributed by atoms with E-state index in [1.165, 1.54) is 0 Å². The number of aromatic nitrogens is 4. The summed E-state index contributed by atoms with van der Waals surface area (Å²) in [6.45, 7) is 2.60. The van der Waals surface area contributed by atoms with E-state index in [-0.39, 0.29) is 11.7 Å². The van der Waals surface area contributed by atoms with E-state index in [4.69, 9.17) is 9.73 Å². The van der Waals surface area contributed by atoms with Crippen LogP contribution in [0.3, 0.4) is 0 Å². The van der Waals surface area contributed by atoms with Crippen molar-refractivity contribution in [3.8, 4) is 22.5 Å². The van der Waals surface area contributed by atoms with Crippen molar-refractivity contribution in [2.45, 2.75) is 94.6 Å². The summed E-state index contributed by atoms with van der Waals surface area (Å²) in [6.07, 6.45) is -2.05. The largest absolute Gasteiger partial charge is 0.479 e. The molecule has 13 nitrogen and oxygen atoms in total. The second kappa shape index (κ2) is 12.2. The summed E-state index contributed by atoms with van der Waals surface area (Å²) >= 11 is 0. The molecule has 1 amide bonds. The summed E-state index contributed by atoms with van der Waals surface area (Å²) in [6, 6.07) is 15.3. The van der Waals surface area contributed by atoms with Gasteiger partial charge >= 0.3 is 5.97 Å². The number of nitrogens with zero attached hydrogens (tertiary/aromatic N) is 6. The standard InChI is InChI=1S/C31H36N6O7/c1-2-3-10-22-32-31(15-6-7-16-31)30(43)36(22)17-18-11-13-19(14-12-18)20-8-4-5-9-21(20)27-33-35-37(34-27)28-25(40)23(38)24(39)26(44-28)29(41)42/h4-5,8-9,11-14,23-26,28,38-40H,2-3,6-7,10,15-17H2,1H3,(H,41,42)/t23-,24-,25-,26-,28+/m1/s1. The van der Waals surface area contributed by atoms with E-state index in [1.807, 2.05) is 53.4 Å². The van der Waals surface area contributed by atoms with Crippen molar-refractivity contribution in [1.29, 1.82) is 0 Å². The highest BCUT2D eigenvalue weighted by atomic mass is 16.6. The number of amidine groups is 1. The molecule has 3 aliphatic rings. The van der Waals surface area contributed by atoms with Crippen LogP contribution < -0.4 is 0 Å². The number of carbonyl (C=O) groups excluding carboxylic acids is 1. The molecule has 1 spiro atoms. The molecule has 6 rings (SSSR count). The number of hydrogen-bond acceptors (Lipinski definition) is 10. The molecule has 4 N–H and O–H groups in total. The lowest BCUT2D eigenvalue weighted by atomic mass is 9.97. The Morgan fingerprint density at radius 1 is 1.00 bits per heavy atom. The van der Waals surface area contributed by atoms with Crippen LogP contribution in [-0.2, 0) is 20.9 Å². The third-order valence-corrected chi connectivity index (χ3v) is 8.74. The zero-order chi connectivity index (χ0) is 31.0. The summed E-state index contributed by atoms with van der Waals surface area (Å²) in [4.78, 5) is 32.8. The fraction of sp³-hybridized carbons (Fsp3) is 0.484. The van der Waals surface area contributed by atoms with Gasteiger partial charge in [0, 0.05) is 12.0 Å². The van der Waals surface area contributed by atoms with Gasteiger partial charge in [-0.15, -0.1) is 15.0 Å². The lowest BCUT2D eigenvalue weighted by Gasteiger charge is -2.37. The van der Waals surface area contributed by atoms with Crippen LogP contribution >= 0.6 is 0 Å². The first-order valence-electron chi connectivity index (χ1n) is 15.0. The van der Waals surface area contributed by atoms with Gasteiger partial charge in [0.15, 0.2) is 6.10 Å². The van der Waals surface area contributed by atoms with Crippen molar-refractivity contribution in [3.05, 3.63) is 54.1 Å². The Morgan fingerprint density at radius 3 is 2.39 bits per heavy atom. The van der Waals surface area contributed by atoms with Crippen LogP contribution in [0.15, 0.2) is 53.5 Å². The number of unbranched alkanes of at least 4 members (excludes halogenated alkanes) is 1. The molecule has 2 fully saturated rings. The highest BCUT2D eigenvalue weighted by molar-refractivity contribution is 6.08. The van der Waals surface area contributed by atoms with Gasteiger partial charge in [-0.25, -0.2) is 4.79 Å². The van der Waals surface area contributed by atoms with Crippen molar-refractivity contribution in [3.63, 3.8) is 0 Å². The zero-order valence-corrected chi connectivity index (χ0v) is 24.4. The highest BCUT2D eigenvalue weighted by Crippen LogP contribution is 2.40. The molecule has 1 aromatic heterocycles. The molecule has 5 atom stereocenters. The molecule has 2 aromatic carbocycles. The maximum atomic E-state index is 13.5. The third kappa shape index (κ3) is 5.40. The fourth-order valence-electron chi connectivity index (χ4n) is 6.30. The number of benzene rings is 2. The van der Waals surface area contributed by atoms with E-state index in [1.54, 1.807) is 0 Å². The van der Waals surface area contributed by atoms with Crippen molar-refractivity contribution >= 4 is 17.7 Å². The maximum absolute atomic E-state index is 13.5. The monoisotopic (exact) mass is 604 g/mol. The number of carboxylic acids is 1. The molecular weight excluding hydrogens is 568 g/mol. The number of amides is 1. The molecule has 1 saturated heterocycles. The summed E-state index contributed by atoms with van der Waals surface area (Å²) in [5, 5.41) is 52.4. The van der Waals surface area contributed by atoms with Crippen LogP contribution in [0, 0.1) is 0 Å². The molecule has 3 aromatic rings. The molecule has 0 bridgehead atoms. The van der Waals surface area contributed by atoms with Gasteiger partial charge in [-0.1, -0.05) is 74.7 Å². The van der Waals surface area contributed by atoms with E-state index in [9.17, 15) is 30.0 Å². The summed E-state index contributed by atoms with van der Waals surface area (Å²) in [5.74, 6) is -0.298. The van der Waals surface area contributed by atoms with Crippen LogP contribution in [0.5, 0.6) is 0 Å². The van der Waals surface area contributed by atoms with Gasteiger partial charge in [0.2, 0.25) is 12.1 Å². The summed E-state index contributed by atoms with van der Waals surface area (Å²) < 4.78 is 5.33. The van der Waals surface area contributed by atoms with Gasteiger partial charge in [-0.2, -0.15) is 0 Å². The zero-order valence-electron chi connectivity index (χ0n) is 24.4. The molecule has 0 unspecified atom stereocenters. The molecule has 232 valence electrons. The van der Waals surface area contributed by atoms with E-state index in [0.717, 1.165) is 72.3 Å². The third-order valence-electron chi connectivity index (χ3n) is 8.74. The number of aliphatic carboxylic acids is 1. The number of carboxylic acid groups (broad SMARTS) is 1. The predicted molar refractivity (Wildman–Crippen MR) is 157 cm³/mol. The van der Waals surface area contributed by atoms with E-state index in [0.29, 0.717) is 12.1 Å². The predicted octanol–water partition coefficient (Wildman–Crippen LogP) is 2.32. The number of aliphatic hydroxyl groups excluding tert-OH is 3. The van der Waals surface area contributed by atoms with E-state index < -0.39 is 42.2 Å². The van der Waals surface area contributed by atoms with E-state index in [2.05, 4.69) is 22.3 Å². The van der Waals surface area contributed by atoms with Gasteiger partial charge in [0.1, 0.15) is 29.7 Å². The molecule has 13 heteroatoms. The Bertz CT molecular complexity index is 1550. The van der Waals surface area contributed by atoms with Crippen molar-refractivity contribution in [2.75, 3.05) is 0 Å². The minimum atomic E-state index is -1.83. The van der Waals surface area contributed by atoms with Crippen LogP contribution in [0.2, 0.25) is 0 Å². The van der Waals surface area contributed by atoms with E-state index >= 15 is 0 Å². The van der Waals surface area contributed by atoms with Crippen LogP contribution in [0.1, 0.15) is 63.7 Å². The first-order chi connectivity index (χ1) is 21.2. The number of carbonyl (C=O) groups is 2. The normalized spacial score (nSPS) is 26.4. The van der Waals surface area contributed by atoms with Crippen molar-refractivity contribution in [2.24, 2.45) is 4.99 Å². The number of hydrogen-bond donors (Lipinski definition) is 4. The number of ether oxygens (including phenoxy) is 1. The van der Waals surface area contributed by atoms with Gasteiger partial charge in [0.25, 0.3) is 5.91 Å². The first-order valence-corrected chi connectivity index (χ1v) is 15.0. The molecular formula is C31H36N6O7. The molecule has 3 heterocycles. The number of rotatable bonds is 9.